The van der Waals surface area contributed by atoms with E-state index in [1.807, 2.05) is 6.07 Å². The van der Waals surface area contributed by atoms with Crippen molar-refractivity contribution in [3.8, 4) is 0 Å². The van der Waals surface area contributed by atoms with Gasteiger partial charge in [0.2, 0.25) is 0 Å². The zero-order chi connectivity index (χ0) is 19.2. The van der Waals surface area contributed by atoms with Crippen molar-refractivity contribution in [2.24, 2.45) is 0 Å². The van der Waals surface area contributed by atoms with Gasteiger partial charge in [-0.25, -0.2) is 9.18 Å². The van der Waals surface area contributed by atoms with Crippen LogP contribution in [0, 0.1) is 5.82 Å². The highest BCUT2D eigenvalue weighted by Gasteiger charge is 2.11. The monoisotopic (exact) mass is 364 g/mol. The lowest BCUT2D eigenvalue weighted by Crippen LogP contribution is -2.11. The van der Waals surface area contributed by atoms with Crippen LogP contribution in [0.3, 0.4) is 0 Å². The van der Waals surface area contributed by atoms with Crippen molar-refractivity contribution in [1.82, 2.24) is 0 Å². The first-order chi connectivity index (χ1) is 13.1. The maximum absolute atomic E-state index is 12.9. The average molecular weight is 364 g/mol. The van der Waals surface area contributed by atoms with Gasteiger partial charge in [-0.3, -0.25) is 4.79 Å². The summed E-state index contributed by atoms with van der Waals surface area (Å²) in [4.78, 5) is 24.0. The maximum atomic E-state index is 12.9. The molecule has 0 spiro atoms. The molecule has 0 atom stereocenters. The molecule has 0 saturated heterocycles. The smallest absolute Gasteiger partial charge is 0.339 e. The Morgan fingerprint density at radius 2 is 1.48 bits per heavy atom. The SMILES string of the molecule is COC(=O)c1ccccc1Nc1ccc(NC(=O)c2ccc(F)cc2)cc1. The highest BCUT2D eigenvalue weighted by atomic mass is 19.1. The van der Waals surface area contributed by atoms with Crippen LogP contribution >= 0.6 is 0 Å². The van der Waals surface area contributed by atoms with Crippen LogP contribution in [0.15, 0.2) is 72.8 Å². The molecule has 0 aromatic heterocycles. The van der Waals surface area contributed by atoms with Crippen LogP contribution in [0.5, 0.6) is 0 Å². The Labute approximate surface area is 155 Å². The fourth-order valence-electron chi connectivity index (χ4n) is 2.48. The van der Waals surface area contributed by atoms with E-state index in [9.17, 15) is 14.0 Å². The molecule has 0 aliphatic rings. The van der Waals surface area contributed by atoms with E-state index in [0.717, 1.165) is 5.69 Å². The molecule has 1 amide bonds. The summed E-state index contributed by atoms with van der Waals surface area (Å²) in [6.07, 6.45) is 0. The second kappa shape index (κ2) is 8.14. The molecule has 0 aliphatic heterocycles. The van der Waals surface area contributed by atoms with Crippen LogP contribution in [-0.4, -0.2) is 19.0 Å². The Bertz CT molecular complexity index is 954. The van der Waals surface area contributed by atoms with Gasteiger partial charge in [0.1, 0.15) is 5.82 Å². The highest BCUT2D eigenvalue weighted by molar-refractivity contribution is 6.04. The lowest BCUT2D eigenvalue weighted by atomic mass is 10.1. The highest BCUT2D eigenvalue weighted by Crippen LogP contribution is 2.23. The molecule has 6 heteroatoms. The molecule has 0 heterocycles. The molecule has 2 N–H and O–H groups in total. The third-order valence-electron chi connectivity index (χ3n) is 3.86. The molecule has 136 valence electrons. The summed E-state index contributed by atoms with van der Waals surface area (Å²) < 4.78 is 17.7. The Morgan fingerprint density at radius 3 is 2.15 bits per heavy atom. The lowest BCUT2D eigenvalue weighted by molar-refractivity contribution is 0.0601. The predicted octanol–water partition coefficient (Wildman–Crippen LogP) is 4.61. The fraction of sp³-hybridized carbons (Fsp3) is 0.0476. The first-order valence-electron chi connectivity index (χ1n) is 8.18. The van der Waals surface area contributed by atoms with Crippen LogP contribution in [0.1, 0.15) is 20.7 Å². The Hall–Kier alpha value is -3.67. The minimum atomic E-state index is -0.429. The van der Waals surface area contributed by atoms with E-state index in [4.69, 9.17) is 4.74 Å². The molecule has 3 rings (SSSR count). The molecule has 27 heavy (non-hydrogen) atoms. The number of esters is 1. The maximum Gasteiger partial charge on any atom is 0.339 e. The zero-order valence-corrected chi connectivity index (χ0v) is 14.5. The van der Waals surface area contributed by atoms with E-state index >= 15 is 0 Å². The second-order valence-corrected chi connectivity index (χ2v) is 5.70. The second-order valence-electron chi connectivity index (χ2n) is 5.70. The molecule has 0 saturated carbocycles. The van der Waals surface area contributed by atoms with E-state index in [1.165, 1.54) is 31.4 Å². The van der Waals surface area contributed by atoms with Crippen LogP contribution in [0.4, 0.5) is 21.5 Å². The number of nitrogens with one attached hydrogen (secondary N) is 2. The molecule has 0 radical (unpaired) electrons. The van der Waals surface area contributed by atoms with E-state index in [1.54, 1.807) is 42.5 Å². The normalized spacial score (nSPS) is 10.1. The van der Waals surface area contributed by atoms with Crippen molar-refractivity contribution in [2.75, 3.05) is 17.7 Å². The lowest BCUT2D eigenvalue weighted by Gasteiger charge is -2.11. The number of benzene rings is 3. The number of hydrogen-bond acceptors (Lipinski definition) is 4. The van der Waals surface area contributed by atoms with Crippen molar-refractivity contribution in [3.05, 3.63) is 89.7 Å². The Morgan fingerprint density at radius 1 is 0.852 bits per heavy atom. The quantitative estimate of drug-likeness (QED) is 0.649. The first kappa shape index (κ1) is 18.1. The number of methoxy groups -OCH3 is 1. The van der Waals surface area contributed by atoms with Crippen molar-refractivity contribution < 1.29 is 18.7 Å². The number of halogens is 1. The van der Waals surface area contributed by atoms with Gasteiger partial charge in [-0.2, -0.15) is 0 Å². The summed E-state index contributed by atoms with van der Waals surface area (Å²) in [5.74, 6) is -1.15. The van der Waals surface area contributed by atoms with Crippen LogP contribution in [-0.2, 0) is 4.74 Å². The fourth-order valence-corrected chi connectivity index (χ4v) is 2.48. The molecule has 5 nitrogen and oxygen atoms in total. The van der Waals surface area contributed by atoms with E-state index < -0.39 is 11.8 Å². The molecule has 3 aromatic carbocycles. The predicted molar refractivity (Wildman–Crippen MR) is 102 cm³/mol. The summed E-state index contributed by atoms with van der Waals surface area (Å²) in [6.45, 7) is 0. The summed E-state index contributed by atoms with van der Waals surface area (Å²) in [5, 5.41) is 5.90. The number of hydrogen-bond donors (Lipinski definition) is 2. The van der Waals surface area contributed by atoms with Crippen molar-refractivity contribution >= 4 is 28.9 Å². The van der Waals surface area contributed by atoms with Crippen LogP contribution in [0.25, 0.3) is 0 Å². The van der Waals surface area contributed by atoms with Crippen molar-refractivity contribution in [1.29, 1.82) is 0 Å². The molecular formula is C21H17FN2O3. The minimum absolute atomic E-state index is 0.327. The van der Waals surface area contributed by atoms with Crippen molar-refractivity contribution in [2.45, 2.75) is 0 Å². The van der Waals surface area contributed by atoms with Gasteiger partial charge >= 0.3 is 5.97 Å². The summed E-state index contributed by atoms with van der Waals surface area (Å²) in [7, 11) is 1.33. The minimum Gasteiger partial charge on any atom is -0.465 e. The van der Waals surface area contributed by atoms with Crippen LogP contribution < -0.4 is 10.6 Å². The number of anilines is 3. The first-order valence-corrected chi connectivity index (χ1v) is 8.18. The molecule has 0 unspecified atom stereocenters. The summed E-state index contributed by atoms with van der Waals surface area (Å²) in [5.41, 5.74) is 2.74. The van der Waals surface area contributed by atoms with Gasteiger partial charge in [0.15, 0.2) is 0 Å². The summed E-state index contributed by atoms with van der Waals surface area (Å²) >= 11 is 0. The van der Waals surface area contributed by atoms with Gasteiger partial charge in [-0.05, 0) is 60.7 Å². The van der Waals surface area contributed by atoms with Crippen LogP contribution in [0.2, 0.25) is 0 Å². The van der Waals surface area contributed by atoms with E-state index in [-0.39, 0.29) is 5.91 Å². The van der Waals surface area contributed by atoms with Gasteiger partial charge in [-0.1, -0.05) is 12.1 Å². The Kier molecular flexibility index (Phi) is 5.47. The largest absolute Gasteiger partial charge is 0.465 e. The number of ether oxygens (including phenoxy) is 1. The van der Waals surface area contributed by atoms with Crippen molar-refractivity contribution in [3.63, 3.8) is 0 Å². The third-order valence-corrected chi connectivity index (χ3v) is 3.86. The third kappa shape index (κ3) is 4.49. The van der Waals surface area contributed by atoms with Gasteiger partial charge in [0.05, 0.1) is 18.4 Å². The average Bonchev–Trinajstić information content (AvgIpc) is 2.70. The van der Waals surface area contributed by atoms with Gasteiger partial charge in [-0.15, -0.1) is 0 Å². The molecule has 3 aromatic rings. The topological polar surface area (TPSA) is 67.4 Å². The summed E-state index contributed by atoms with van der Waals surface area (Å²) in [6, 6.07) is 19.3. The van der Waals surface area contributed by atoms with E-state index in [0.29, 0.717) is 22.5 Å². The molecular weight excluding hydrogens is 347 g/mol. The number of amides is 1. The van der Waals surface area contributed by atoms with Gasteiger partial charge in [0, 0.05) is 16.9 Å². The zero-order valence-electron chi connectivity index (χ0n) is 14.5. The molecule has 0 aliphatic carbocycles. The number of carbonyl (C=O) groups excluding carboxylic acids is 2. The standard InChI is InChI=1S/C21H17FN2O3/c1-27-21(26)18-4-2-3-5-19(18)23-16-10-12-17(13-11-16)24-20(25)14-6-8-15(22)9-7-14/h2-13,23H,1H3,(H,24,25). The number of rotatable bonds is 5. The molecule has 0 bridgehead atoms. The Balaban J connectivity index is 1.70. The number of para-hydroxylation sites is 1. The van der Waals surface area contributed by atoms with Gasteiger partial charge < -0.3 is 15.4 Å². The number of carbonyl (C=O) groups is 2. The molecule has 0 fully saturated rings. The van der Waals surface area contributed by atoms with Gasteiger partial charge in [0.25, 0.3) is 5.91 Å². The van der Waals surface area contributed by atoms with E-state index in [2.05, 4.69) is 10.6 Å².